The van der Waals surface area contributed by atoms with Gasteiger partial charge in [-0.05, 0) is 19.6 Å². The van der Waals surface area contributed by atoms with Crippen LogP contribution in [0.3, 0.4) is 0 Å². The first-order chi connectivity index (χ1) is 7.49. The molecular weight excluding hydrogens is 305 g/mol. The Bertz CT molecular complexity index is 265. The lowest BCUT2D eigenvalue weighted by molar-refractivity contribution is -0.141. The lowest BCUT2D eigenvalue weighted by Crippen LogP contribution is -2.50. The standard InChI is InChI=1S/C9H18Cl3NO3Si/c1-13(6-15-2)8(14)7(9(10,11)12)16-17(3,4)5/h7H,6H2,1-5H3. The Kier molecular flexibility index (Phi) is 6.77. The van der Waals surface area contributed by atoms with Crippen molar-refractivity contribution in [3.63, 3.8) is 0 Å². The second-order valence-electron chi connectivity index (χ2n) is 4.61. The number of rotatable bonds is 5. The largest absolute Gasteiger partial charge is 0.403 e. The summed E-state index contributed by atoms with van der Waals surface area (Å²) >= 11 is 17.4. The van der Waals surface area contributed by atoms with Crippen LogP contribution in [0.1, 0.15) is 0 Å². The van der Waals surface area contributed by atoms with Gasteiger partial charge in [-0.25, -0.2) is 0 Å². The smallest absolute Gasteiger partial charge is 0.256 e. The Balaban J connectivity index is 4.88. The Morgan fingerprint density at radius 3 is 2.12 bits per heavy atom. The van der Waals surface area contributed by atoms with Gasteiger partial charge in [0.25, 0.3) is 5.91 Å². The molecule has 4 nitrogen and oxygen atoms in total. The zero-order valence-electron chi connectivity index (χ0n) is 10.6. The molecule has 0 N–H and O–H groups in total. The van der Waals surface area contributed by atoms with Gasteiger partial charge < -0.3 is 14.1 Å². The van der Waals surface area contributed by atoms with E-state index in [9.17, 15) is 4.79 Å². The number of hydrogen-bond donors (Lipinski definition) is 0. The van der Waals surface area contributed by atoms with Crippen LogP contribution in [-0.2, 0) is 14.0 Å². The van der Waals surface area contributed by atoms with Crippen LogP contribution in [0.15, 0.2) is 0 Å². The summed E-state index contributed by atoms with van der Waals surface area (Å²) in [4.78, 5) is 13.4. The minimum absolute atomic E-state index is 0.116. The molecule has 0 aromatic carbocycles. The molecule has 0 spiro atoms. The fourth-order valence-corrected chi connectivity index (χ4v) is 2.69. The predicted octanol–water partition coefficient (Wildman–Crippen LogP) is 2.64. The summed E-state index contributed by atoms with van der Waals surface area (Å²) in [6.07, 6.45) is -1.11. The molecule has 0 aromatic rings. The number of nitrogens with zero attached hydrogens (tertiary/aromatic N) is 1. The van der Waals surface area contributed by atoms with E-state index in [1.165, 1.54) is 12.0 Å². The van der Waals surface area contributed by atoms with Crippen molar-refractivity contribution in [3.8, 4) is 0 Å². The van der Waals surface area contributed by atoms with Crippen molar-refractivity contribution in [2.45, 2.75) is 29.5 Å². The minimum Gasteiger partial charge on any atom is -0.403 e. The molecule has 0 aliphatic rings. The van der Waals surface area contributed by atoms with Crippen LogP contribution < -0.4 is 0 Å². The predicted molar refractivity (Wildman–Crippen MR) is 73.2 cm³/mol. The molecule has 0 aromatic heterocycles. The maximum Gasteiger partial charge on any atom is 0.256 e. The van der Waals surface area contributed by atoms with Crippen molar-refractivity contribution in [1.82, 2.24) is 4.90 Å². The van der Waals surface area contributed by atoms with E-state index in [1.54, 1.807) is 7.05 Å². The topological polar surface area (TPSA) is 38.8 Å². The van der Waals surface area contributed by atoms with E-state index in [0.717, 1.165) is 0 Å². The molecule has 0 saturated heterocycles. The third-order valence-corrected chi connectivity index (χ3v) is 3.23. The molecule has 1 amide bonds. The van der Waals surface area contributed by atoms with E-state index in [4.69, 9.17) is 44.0 Å². The summed E-state index contributed by atoms with van der Waals surface area (Å²) in [5, 5.41) is 0. The van der Waals surface area contributed by atoms with E-state index in [1.807, 2.05) is 19.6 Å². The highest BCUT2D eigenvalue weighted by Crippen LogP contribution is 2.34. The first-order valence-electron chi connectivity index (χ1n) is 4.97. The highest BCUT2D eigenvalue weighted by molar-refractivity contribution is 6.72. The van der Waals surface area contributed by atoms with Crippen molar-refractivity contribution >= 4 is 49.0 Å². The van der Waals surface area contributed by atoms with Crippen LogP contribution >= 0.6 is 34.8 Å². The first-order valence-corrected chi connectivity index (χ1v) is 9.51. The van der Waals surface area contributed by atoms with Crippen molar-refractivity contribution in [2.24, 2.45) is 0 Å². The minimum atomic E-state index is -2.00. The van der Waals surface area contributed by atoms with Crippen LogP contribution in [0.4, 0.5) is 0 Å². The second kappa shape index (κ2) is 6.59. The number of carbonyl (C=O) groups excluding carboxylic acids is 1. The van der Waals surface area contributed by atoms with E-state index in [0.29, 0.717) is 0 Å². The summed E-state index contributed by atoms with van der Waals surface area (Å²) < 4.78 is 8.68. The Hall–Kier alpha value is 0.477. The van der Waals surface area contributed by atoms with E-state index in [2.05, 4.69) is 0 Å². The molecular formula is C9H18Cl3NO3Si. The number of amides is 1. The van der Waals surface area contributed by atoms with Gasteiger partial charge in [-0.3, -0.25) is 4.79 Å². The molecule has 0 heterocycles. The molecule has 0 bridgehead atoms. The molecule has 0 aliphatic carbocycles. The molecule has 1 unspecified atom stereocenters. The highest BCUT2D eigenvalue weighted by atomic mass is 35.6. The SMILES string of the molecule is COCN(C)C(=O)C(O[Si](C)(C)C)C(Cl)(Cl)Cl. The Morgan fingerprint density at radius 1 is 1.35 bits per heavy atom. The Morgan fingerprint density at radius 2 is 1.82 bits per heavy atom. The summed E-state index contributed by atoms with van der Waals surface area (Å²) in [7, 11) is 1.03. The summed E-state index contributed by atoms with van der Waals surface area (Å²) in [6, 6.07) is 0. The van der Waals surface area contributed by atoms with Crippen LogP contribution in [-0.4, -0.2) is 49.9 Å². The van der Waals surface area contributed by atoms with E-state index in [-0.39, 0.29) is 6.73 Å². The van der Waals surface area contributed by atoms with Gasteiger partial charge in [0.15, 0.2) is 14.4 Å². The van der Waals surface area contributed by atoms with Crippen LogP contribution in [0.2, 0.25) is 19.6 Å². The molecule has 8 heteroatoms. The number of methoxy groups -OCH3 is 1. The van der Waals surface area contributed by atoms with Gasteiger partial charge in [-0.2, -0.15) is 0 Å². The third-order valence-electron chi connectivity index (χ3n) is 1.69. The summed E-state index contributed by atoms with van der Waals surface area (Å²) in [5.74, 6) is -0.408. The molecule has 0 saturated carbocycles. The van der Waals surface area contributed by atoms with Crippen molar-refractivity contribution in [3.05, 3.63) is 0 Å². The van der Waals surface area contributed by atoms with Gasteiger partial charge in [0.05, 0.1) is 0 Å². The maximum atomic E-state index is 12.0. The van der Waals surface area contributed by atoms with Crippen LogP contribution in [0.5, 0.6) is 0 Å². The fraction of sp³-hybridized carbons (Fsp3) is 0.889. The average molecular weight is 323 g/mol. The number of carbonyl (C=O) groups is 1. The van der Waals surface area contributed by atoms with Crippen LogP contribution in [0, 0.1) is 0 Å². The highest BCUT2D eigenvalue weighted by Gasteiger charge is 2.43. The quantitative estimate of drug-likeness (QED) is 0.444. The molecule has 102 valence electrons. The van der Waals surface area contributed by atoms with Gasteiger partial charge in [0, 0.05) is 14.2 Å². The van der Waals surface area contributed by atoms with Gasteiger partial charge in [-0.15, -0.1) is 0 Å². The van der Waals surface area contributed by atoms with Crippen molar-refractivity contribution < 1.29 is 14.0 Å². The lowest BCUT2D eigenvalue weighted by atomic mass is 10.3. The summed E-state index contributed by atoms with van der Waals surface area (Å²) in [5.41, 5.74) is 0. The maximum absolute atomic E-state index is 12.0. The molecule has 0 aliphatic heterocycles. The third kappa shape index (κ3) is 6.84. The van der Waals surface area contributed by atoms with Crippen molar-refractivity contribution in [1.29, 1.82) is 0 Å². The van der Waals surface area contributed by atoms with Crippen LogP contribution in [0.25, 0.3) is 0 Å². The number of alkyl halides is 3. The lowest BCUT2D eigenvalue weighted by Gasteiger charge is -2.32. The molecule has 17 heavy (non-hydrogen) atoms. The molecule has 0 radical (unpaired) electrons. The van der Waals surface area contributed by atoms with E-state index >= 15 is 0 Å². The monoisotopic (exact) mass is 321 g/mol. The molecule has 0 rings (SSSR count). The number of ether oxygens (including phenoxy) is 1. The second-order valence-corrected chi connectivity index (χ2v) is 11.4. The zero-order chi connectivity index (χ0) is 13.9. The van der Waals surface area contributed by atoms with Gasteiger partial charge >= 0.3 is 0 Å². The zero-order valence-corrected chi connectivity index (χ0v) is 13.9. The Labute approximate surface area is 118 Å². The first kappa shape index (κ1) is 17.5. The number of hydrogen-bond acceptors (Lipinski definition) is 3. The van der Waals surface area contributed by atoms with Gasteiger partial charge in [0.2, 0.25) is 3.79 Å². The number of likely N-dealkylation sites (N-methyl/N-ethyl adjacent to an activating group) is 1. The van der Waals surface area contributed by atoms with Crippen molar-refractivity contribution in [2.75, 3.05) is 20.9 Å². The normalized spacial score (nSPS) is 14.6. The molecule has 0 fully saturated rings. The van der Waals surface area contributed by atoms with Gasteiger partial charge in [0.1, 0.15) is 6.73 Å². The summed E-state index contributed by atoms with van der Waals surface area (Å²) in [6.45, 7) is 5.87. The van der Waals surface area contributed by atoms with Gasteiger partial charge in [-0.1, -0.05) is 34.8 Å². The van der Waals surface area contributed by atoms with E-state index < -0.39 is 24.1 Å². The molecule has 1 atom stereocenters. The average Bonchev–Trinajstić information content (AvgIpc) is 2.10. The fourth-order valence-electron chi connectivity index (χ4n) is 1.07. The number of halogens is 3.